The fourth-order valence-corrected chi connectivity index (χ4v) is 4.44. The van der Waals surface area contributed by atoms with Gasteiger partial charge in [0.15, 0.2) is 0 Å². The molecule has 0 unspecified atom stereocenters. The van der Waals surface area contributed by atoms with Crippen molar-refractivity contribution in [3.63, 3.8) is 0 Å². The number of carbonyl (C=O) groups excluding carboxylic acids is 1. The van der Waals surface area contributed by atoms with Gasteiger partial charge in [0, 0.05) is 31.4 Å². The van der Waals surface area contributed by atoms with Gasteiger partial charge in [-0.25, -0.2) is 12.8 Å². The highest BCUT2D eigenvalue weighted by Gasteiger charge is 2.18. The van der Waals surface area contributed by atoms with Crippen LogP contribution in [0.4, 0.5) is 10.1 Å². The van der Waals surface area contributed by atoms with E-state index in [9.17, 15) is 17.6 Å². The molecule has 0 aromatic heterocycles. The highest BCUT2D eigenvalue weighted by atomic mass is 32.2. The second-order valence-corrected chi connectivity index (χ2v) is 9.05. The number of amides is 1. The first-order valence-corrected chi connectivity index (χ1v) is 11.1. The first kappa shape index (κ1) is 21.3. The van der Waals surface area contributed by atoms with E-state index in [0.29, 0.717) is 17.8 Å². The van der Waals surface area contributed by atoms with Crippen molar-refractivity contribution in [1.82, 2.24) is 9.80 Å². The number of rotatable bonds is 7. The fraction of sp³-hybridized carbons (Fsp3) is 0.381. The van der Waals surface area contributed by atoms with Crippen LogP contribution in [0.3, 0.4) is 0 Å². The summed E-state index contributed by atoms with van der Waals surface area (Å²) < 4.78 is 40.8. The van der Waals surface area contributed by atoms with E-state index in [2.05, 4.69) is 9.62 Å². The molecule has 1 fully saturated rings. The number of halogens is 1. The van der Waals surface area contributed by atoms with Crippen LogP contribution in [0.5, 0.6) is 0 Å². The third-order valence-electron chi connectivity index (χ3n) is 5.12. The van der Waals surface area contributed by atoms with Crippen LogP contribution in [0.1, 0.15) is 28.8 Å². The lowest BCUT2D eigenvalue weighted by molar-refractivity contribution is 0.0782. The van der Waals surface area contributed by atoms with Gasteiger partial charge in [0.2, 0.25) is 0 Å². The summed E-state index contributed by atoms with van der Waals surface area (Å²) in [6, 6.07) is 9.93. The van der Waals surface area contributed by atoms with E-state index in [4.69, 9.17) is 0 Å². The molecule has 0 bridgehead atoms. The van der Waals surface area contributed by atoms with E-state index in [1.54, 1.807) is 36.2 Å². The average Bonchev–Trinajstić information content (AvgIpc) is 3.21. The van der Waals surface area contributed by atoms with E-state index in [-0.39, 0.29) is 16.4 Å². The highest BCUT2D eigenvalue weighted by Crippen LogP contribution is 2.19. The number of hydrogen-bond acceptors (Lipinski definition) is 4. The zero-order chi connectivity index (χ0) is 21.0. The van der Waals surface area contributed by atoms with Gasteiger partial charge < -0.3 is 9.80 Å². The number of anilines is 1. The minimum absolute atomic E-state index is 0.0156. The van der Waals surface area contributed by atoms with Crippen molar-refractivity contribution in [2.24, 2.45) is 0 Å². The van der Waals surface area contributed by atoms with Gasteiger partial charge in [0.25, 0.3) is 15.9 Å². The maximum Gasteiger partial charge on any atom is 0.261 e. The Morgan fingerprint density at radius 2 is 1.79 bits per heavy atom. The van der Waals surface area contributed by atoms with Crippen molar-refractivity contribution in [1.29, 1.82) is 0 Å². The molecule has 0 saturated carbocycles. The topological polar surface area (TPSA) is 69.7 Å². The molecule has 0 radical (unpaired) electrons. The van der Waals surface area contributed by atoms with Crippen LogP contribution >= 0.6 is 0 Å². The molecule has 1 N–H and O–H groups in total. The Labute approximate surface area is 171 Å². The summed E-state index contributed by atoms with van der Waals surface area (Å²) in [5.41, 5.74) is 1.09. The molecule has 1 saturated heterocycles. The van der Waals surface area contributed by atoms with Gasteiger partial charge in [-0.2, -0.15) is 0 Å². The van der Waals surface area contributed by atoms with Crippen molar-refractivity contribution in [2.45, 2.75) is 24.7 Å². The monoisotopic (exact) mass is 419 g/mol. The van der Waals surface area contributed by atoms with Crippen LogP contribution in [0, 0.1) is 12.7 Å². The van der Waals surface area contributed by atoms with Gasteiger partial charge >= 0.3 is 0 Å². The minimum Gasteiger partial charge on any atom is -0.340 e. The van der Waals surface area contributed by atoms with Gasteiger partial charge in [0.1, 0.15) is 5.82 Å². The first-order chi connectivity index (χ1) is 13.8. The van der Waals surface area contributed by atoms with Gasteiger partial charge in [-0.1, -0.05) is 0 Å². The zero-order valence-electron chi connectivity index (χ0n) is 16.7. The number of carbonyl (C=O) groups is 1. The van der Waals surface area contributed by atoms with E-state index in [1.165, 1.54) is 31.9 Å². The number of likely N-dealkylation sites (tertiary alicyclic amines) is 1. The van der Waals surface area contributed by atoms with E-state index >= 15 is 0 Å². The normalized spacial score (nSPS) is 14.7. The third-order valence-corrected chi connectivity index (χ3v) is 6.50. The molecule has 2 aromatic rings. The largest absolute Gasteiger partial charge is 0.340 e. The molecule has 8 heteroatoms. The van der Waals surface area contributed by atoms with Crippen molar-refractivity contribution < 1.29 is 17.6 Å². The van der Waals surface area contributed by atoms with Crippen LogP contribution in [-0.4, -0.2) is 57.4 Å². The molecule has 0 aliphatic carbocycles. The smallest absolute Gasteiger partial charge is 0.261 e. The number of nitrogens with zero attached hydrogens (tertiary/aromatic N) is 2. The second-order valence-electron chi connectivity index (χ2n) is 7.37. The number of aryl methyl sites for hydroxylation is 1. The fourth-order valence-electron chi connectivity index (χ4n) is 3.30. The van der Waals surface area contributed by atoms with Crippen LogP contribution < -0.4 is 4.72 Å². The molecule has 0 atom stereocenters. The predicted molar refractivity (Wildman–Crippen MR) is 111 cm³/mol. The Bertz CT molecular complexity index is 971. The molecular weight excluding hydrogens is 393 g/mol. The van der Waals surface area contributed by atoms with E-state index in [0.717, 1.165) is 25.7 Å². The number of hydrogen-bond donors (Lipinski definition) is 1. The van der Waals surface area contributed by atoms with Crippen molar-refractivity contribution in [2.75, 3.05) is 37.9 Å². The lowest BCUT2D eigenvalue weighted by Gasteiger charge is -2.21. The summed E-state index contributed by atoms with van der Waals surface area (Å²) in [4.78, 5) is 16.6. The molecule has 0 spiro atoms. The molecule has 1 amide bonds. The molecule has 3 rings (SSSR count). The second kappa shape index (κ2) is 8.92. The van der Waals surface area contributed by atoms with Crippen LogP contribution in [0.25, 0.3) is 0 Å². The zero-order valence-corrected chi connectivity index (χ0v) is 17.5. The summed E-state index contributed by atoms with van der Waals surface area (Å²) in [6.45, 7) is 5.19. The van der Waals surface area contributed by atoms with Gasteiger partial charge in [-0.3, -0.25) is 9.52 Å². The van der Waals surface area contributed by atoms with Crippen LogP contribution in [0.15, 0.2) is 47.4 Å². The predicted octanol–water partition coefficient (Wildman–Crippen LogP) is 3.10. The summed E-state index contributed by atoms with van der Waals surface area (Å²) in [6.07, 6.45) is 2.43. The van der Waals surface area contributed by atoms with E-state index in [1.807, 2.05) is 0 Å². The summed E-state index contributed by atoms with van der Waals surface area (Å²) >= 11 is 0. The van der Waals surface area contributed by atoms with Crippen molar-refractivity contribution in [3.8, 4) is 0 Å². The molecule has 1 heterocycles. The standard InChI is InChI=1S/C21H26FN3O3S/c1-16-15-19(9-10-20(16)22)29(27,28)23-18-7-5-17(6-8-18)21(26)24(2)13-14-25-11-3-4-12-25/h5-10,15,23H,3-4,11-14H2,1-2H3. The number of nitrogens with one attached hydrogen (secondary N) is 1. The minimum atomic E-state index is -3.84. The molecule has 6 nitrogen and oxygen atoms in total. The molecule has 1 aliphatic rings. The Morgan fingerprint density at radius 3 is 2.41 bits per heavy atom. The number of benzene rings is 2. The first-order valence-electron chi connectivity index (χ1n) is 9.63. The molecule has 2 aromatic carbocycles. The molecular formula is C21H26FN3O3S. The molecule has 156 valence electrons. The van der Waals surface area contributed by atoms with Gasteiger partial charge in [-0.15, -0.1) is 0 Å². The highest BCUT2D eigenvalue weighted by molar-refractivity contribution is 7.92. The van der Waals surface area contributed by atoms with Crippen LogP contribution in [-0.2, 0) is 10.0 Å². The number of sulfonamides is 1. The van der Waals surface area contributed by atoms with E-state index < -0.39 is 15.8 Å². The Morgan fingerprint density at radius 1 is 1.14 bits per heavy atom. The van der Waals surface area contributed by atoms with Gasteiger partial charge in [0.05, 0.1) is 4.90 Å². The lowest BCUT2D eigenvalue weighted by atomic mass is 10.2. The summed E-state index contributed by atoms with van der Waals surface area (Å²) in [7, 11) is -2.07. The maximum atomic E-state index is 13.4. The SMILES string of the molecule is Cc1cc(S(=O)(=O)Nc2ccc(C(=O)N(C)CCN3CCCC3)cc2)ccc1F. The summed E-state index contributed by atoms with van der Waals surface area (Å²) in [5, 5.41) is 0. The van der Waals surface area contributed by atoms with Crippen LogP contribution in [0.2, 0.25) is 0 Å². The summed E-state index contributed by atoms with van der Waals surface area (Å²) in [5.74, 6) is -0.562. The molecule has 1 aliphatic heterocycles. The number of likely N-dealkylation sites (N-methyl/N-ethyl adjacent to an activating group) is 1. The quantitative estimate of drug-likeness (QED) is 0.749. The Kier molecular flexibility index (Phi) is 6.54. The van der Waals surface area contributed by atoms with Crippen molar-refractivity contribution >= 4 is 21.6 Å². The average molecular weight is 420 g/mol. The Balaban J connectivity index is 1.62. The molecule has 29 heavy (non-hydrogen) atoms. The third kappa shape index (κ3) is 5.33. The Hall–Kier alpha value is -2.45. The lowest BCUT2D eigenvalue weighted by Crippen LogP contribution is -2.35. The van der Waals surface area contributed by atoms with Gasteiger partial charge in [-0.05, 0) is 80.9 Å². The maximum absolute atomic E-state index is 13.4. The van der Waals surface area contributed by atoms with Crippen molar-refractivity contribution in [3.05, 3.63) is 59.4 Å².